The highest BCUT2D eigenvalue weighted by molar-refractivity contribution is 5.27. The standard InChI is InChI=1S/C11H15F3N2/c1-16(2)7-10(15)8-4-3-5-9(6-8)11(12,13)14/h3-6,10H,7,15H2,1-2H3. The Hall–Kier alpha value is -1.07. The Balaban J connectivity index is 2.90. The number of likely N-dealkylation sites (N-methyl/N-ethyl adjacent to an activating group) is 1. The van der Waals surface area contributed by atoms with E-state index in [9.17, 15) is 13.2 Å². The summed E-state index contributed by atoms with van der Waals surface area (Å²) in [4.78, 5) is 1.84. The zero-order chi connectivity index (χ0) is 12.3. The van der Waals surface area contributed by atoms with Gasteiger partial charge in [0.15, 0.2) is 0 Å². The number of alkyl halides is 3. The molecule has 0 radical (unpaired) electrons. The molecule has 0 aliphatic carbocycles. The fourth-order valence-electron chi connectivity index (χ4n) is 1.44. The highest BCUT2D eigenvalue weighted by atomic mass is 19.4. The van der Waals surface area contributed by atoms with Gasteiger partial charge < -0.3 is 10.6 Å². The van der Waals surface area contributed by atoms with Crippen LogP contribution in [0, 0.1) is 0 Å². The Labute approximate surface area is 92.9 Å². The molecule has 0 amide bonds. The summed E-state index contributed by atoms with van der Waals surface area (Å²) < 4.78 is 37.3. The van der Waals surface area contributed by atoms with E-state index in [2.05, 4.69) is 0 Å². The number of nitrogens with two attached hydrogens (primary N) is 1. The van der Waals surface area contributed by atoms with Crippen LogP contribution >= 0.6 is 0 Å². The third kappa shape index (κ3) is 3.50. The minimum atomic E-state index is -4.31. The van der Waals surface area contributed by atoms with Crippen molar-refractivity contribution in [1.82, 2.24) is 4.90 Å². The molecule has 0 heterocycles. The average molecular weight is 232 g/mol. The average Bonchev–Trinajstić information content (AvgIpc) is 2.15. The predicted octanol–water partition coefficient (Wildman–Crippen LogP) is 2.27. The summed E-state index contributed by atoms with van der Waals surface area (Å²) in [6.45, 7) is 0.515. The maximum atomic E-state index is 12.4. The van der Waals surface area contributed by atoms with Crippen LogP contribution in [0.2, 0.25) is 0 Å². The van der Waals surface area contributed by atoms with Crippen molar-refractivity contribution in [1.29, 1.82) is 0 Å². The summed E-state index contributed by atoms with van der Waals surface area (Å²) in [5.41, 5.74) is 5.65. The summed E-state index contributed by atoms with van der Waals surface area (Å²) in [5, 5.41) is 0. The van der Waals surface area contributed by atoms with E-state index in [1.165, 1.54) is 6.07 Å². The fraction of sp³-hybridized carbons (Fsp3) is 0.455. The lowest BCUT2D eigenvalue weighted by atomic mass is 10.0. The van der Waals surface area contributed by atoms with Gasteiger partial charge in [-0.3, -0.25) is 0 Å². The monoisotopic (exact) mass is 232 g/mol. The third-order valence-electron chi connectivity index (χ3n) is 2.20. The van der Waals surface area contributed by atoms with Crippen molar-refractivity contribution in [3.05, 3.63) is 35.4 Å². The molecule has 0 spiro atoms. The van der Waals surface area contributed by atoms with Gasteiger partial charge in [0.25, 0.3) is 0 Å². The van der Waals surface area contributed by atoms with Crippen molar-refractivity contribution in [2.24, 2.45) is 5.73 Å². The van der Waals surface area contributed by atoms with Crippen molar-refractivity contribution in [3.8, 4) is 0 Å². The van der Waals surface area contributed by atoms with Crippen LogP contribution in [0.25, 0.3) is 0 Å². The molecule has 0 aliphatic heterocycles. The lowest BCUT2D eigenvalue weighted by molar-refractivity contribution is -0.137. The van der Waals surface area contributed by atoms with Crippen LogP contribution in [0.3, 0.4) is 0 Å². The van der Waals surface area contributed by atoms with E-state index in [4.69, 9.17) is 5.73 Å². The SMILES string of the molecule is CN(C)CC(N)c1cccc(C(F)(F)F)c1. The van der Waals surface area contributed by atoms with Crippen LogP contribution in [0.4, 0.5) is 13.2 Å². The van der Waals surface area contributed by atoms with Gasteiger partial charge in [-0.1, -0.05) is 12.1 Å². The summed E-state index contributed by atoms with van der Waals surface area (Å²) in [6.07, 6.45) is -4.31. The van der Waals surface area contributed by atoms with Crippen LogP contribution in [0.5, 0.6) is 0 Å². The van der Waals surface area contributed by atoms with E-state index in [0.717, 1.165) is 12.1 Å². The Bertz CT molecular complexity index is 347. The number of hydrogen-bond acceptors (Lipinski definition) is 2. The molecule has 1 rings (SSSR count). The van der Waals surface area contributed by atoms with Crippen molar-refractivity contribution < 1.29 is 13.2 Å². The predicted molar refractivity (Wildman–Crippen MR) is 56.9 cm³/mol. The number of benzene rings is 1. The van der Waals surface area contributed by atoms with Gasteiger partial charge in [0.1, 0.15) is 0 Å². The molecule has 16 heavy (non-hydrogen) atoms. The maximum absolute atomic E-state index is 12.4. The van der Waals surface area contributed by atoms with E-state index in [-0.39, 0.29) is 0 Å². The Kier molecular flexibility index (Phi) is 3.93. The van der Waals surface area contributed by atoms with Crippen LogP contribution in [-0.4, -0.2) is 25.5 Å². The summed E-state index contributed by atoms with van der Waals surface area (Å²) in [7, 11) is 3.65. The van der Waals surface area contributed by atoms with Crippen LogP contribution in [-0.2, 0) is 6.18 Å². The van der Waals surface area contributed by atoms with Gasteiger partial charge in [-0.25, -0.2) is 0 Å². The molecule has 1 aromatic rings. The quantitative estimate of drug-likeness (QED) is 0.866. The zero-order valence-corrected chi connectivity index (χ0v) is 9.25. The van der Waals surface area contributed by atoms with Crippen molar-refractivity contribution in [2.75, 3.05) is 20.6 Å². The normalized spacial score (nSPS) is 14.2. The highest BCUT2D eigenvalue weighted by Gasteiger charge is 2.30. The van der Waals surface area contributed by atoms with Gasteiger partial charge in [0.2, 0.25) is 0 Å². The van der Waals surface area contributed by atoms with Crippen LogP contribution in [0.1, 0.15) is 17.2 Å². The smallest absolute Gasteiger partial charge is 0.323 e. The molecule has 0 aliphatic rings. The number of nitrogens with zero attached hydrogens (tertiary/aromatic N) is 1. The number of rotatable bonds is 3. The lowest BCUT2D eigenvalue weighted by Gasteiger charge is -2.18. The minimum Gasteiger partial charge on any atom is -0.323 e. The second kappa shape index (κ2) is 4.84. The molecule has 0 aromatic heterocycles. The first-order valence-corrected chi connectivity index (χ1v) is 4.88. The second-order valence-electron chi connectivity index (χ2n) is 3.99. The molecule has 90 valence electrons. The van der Waals surface area contributed by atoms with Crippen LogP contribution in [0.15, 0.2) is 24.3 Å². The first-order chi connectivity index (χ1) is 7.30. The molecule has 2 nitrogen and oxygen atoms in total. The van der Waals surface area contributed by atoms with Gasteiger partial charge >= 0.3 is 6.18 Å². The molecule has 1 unspecified atom stereocenters. The molecule has 1 aromatic carbocycles. The van der Waals surface area contributed by atoms with Crippen molar-refractivity contribution >= 4 is 0 Å². The molecule has 0 saturated heterocycles. The van der Waals surface area contributed by atoms with Gasteiger partial charge in [-0.05, 0) is 31.8 Å². The maximum Gasteiger partial charge on any atom is 0.416 e. The molecule has 2 N–H and O–H groups in total. The van der Waals surface area contributed by atoms with Gasteiger partial charge in [-0.15, -0.1) is 0 Å². The first-order valence-electron chi connectivity index (χ1n) is 4.88. The molecule has 0 saturated carbocycles. The zero-order valence-electron chi connectivity index (χ0n) is 9.25. The molecule has 1 atom stereocenters. The van der Waals surface area contributed by atoms with E-state index >= 15 is 0 Å². The second-order valence-corrected chi connectivity index (χ2v) is 3.99. The van der Waals surface area contributed by atoms with E-state index < -0.39 is 17.8 Å². The molecule has 0 fully saturated rings. The van der Waals surface area contributed by atoms with Crippen molar-refractivity contribution in [2.45, 2.75) is 12.2 Å². The third-order valence-corrected chi connectivity index (χ3v) is 2.20. The topological polar surface area (TPSA) is 29.3 Å². The molecule has 5 heteroatoms. The number of hydrogen-bond donors (Lipinski definition) is 1. The van der Waals surface area contributed by atoms with Crippen LogP contribution < -0.4 is 5.73 Å². The molecular weight excluding hydrogens is 217 g/mol. The van der Waals surface area contributed by atoms with Crippen molar-refractivity contribution in [3.63, 3.8) is 0 Å². The Morgan fingerprint density at radius 2 is 1.94 bits per heavy atom. The summed E-state index contributed by atoms with van der Waals surface area (Å²) in [5.74, 6) is 0. The van der Waals surface area contributed by atoms with Gasteiger partial charge in [0.05, 0.1) is 5.56 Å². The largest absolute Gasteiger partial charge is 0.416 e. The number of halogens is 3. The lowest BCUT2D eigenvalue weighted by Crippen LogP contribution is -2.26. The first kappa shape index (κ1) is 13.0. The van der Waals surface area contributed by atoms with E-state index in [1.807, 2.05) is 19.0 Å². The summed E-state index contributed by atoms with van der Waals surface area (Å²) >= 11 is 0. The van der Waals surface area contributed by atoms with E-state index in [0.29, 0.717) is 12.1 Å². The highest BCUT2D eigenvalue weighted by Crippen LogP contribution is 2.30. The van der Waals surface area contributed by atoms with Gasteiger partial charge in [-0.2, -0.15) is 13.2 Å². The fourth-order valence-corrected chi connectivity index (χ4v) is 1.44. The minimum absolute atomic E-state index is 0.405. The Morgan fingerprint density at radius 1 is 1.31 bits per heavy atom. The van der Waals surface area contributed by atoms with Gasteiger partial charge in [0, 0.05) is 12.6 Å². The molecular formula is C11H15F3N2. The van der Waals surface area contributed by atoms with E-state index in [1.54, 1.807) is 6.07 Å². The Morgan fingerprint density at radius 3 is 2.44 bits per heavy atom. The molecule has 0 bridgehead atoms. The summed E-state index contributed by atoms with van der Waals surface area (Å²) in [6, 6.07) is 4.74.